The van der Waals surface area contributed by atoms with Crippen LogP contribution >= 0.6 is 0 Å². The number of carbonyl (C=O) groups excluding carboxylic acids is 2. The van der Waals surface area contributed by atoms with Crippen molar-refractivity contribution >= 4 is 12.1 Å². The zero-order chi connectivity index (χ0) is 17.1. The summed E-state index contributed by atoms with van der Waals surface area (Å²) in [6, 6.07) is -0.296. The molecule has 1 N–H and O–H groups in total. The first-order valence-electron chi connectivity index (χ1n) is 6.33. The summed E-state index contributed by atoms with van der Waals surface area (Å²) in [6.45, 7) is 4.72. The van der Waals surface area contributed by atoms with Crippen molar-refractivity contribution < 1.29 is 32.6 Å². The molecule has 0 saturated heterocycles. The van der Waals surface area contributed by atoms with Crippen LogP contribution in [0.2, 0.25) is 0 Å². The van der Waals surface area contributed by atoms with Crippen molar-refractivity contribution in [1.82, 2.24) is 5.32 Å². The molecule has 0 aliphatic rings. The summed E-state index contributed by atoms with van der Waals surface area (Å²) >= 11 is 0. The Labute approximate surface area is 125 Å². The van der Waals surface area contributed by atoms with Crippen molar-refractivity contribution in [1.29, 1.82) is 0 Å². The lowest BCUT2D eigenvalue weighted by molar-refractivity contribution is -0.308. The van der Waals surface area contributed by atoms with E-state index in [4.69, 9.17) is 4.74 Å². The number of amides is 1. The van der Waals surface area contributed by atoms with Crippen LogP contribution in [0.25, 0.3) is 0 Å². The van der Waals surface area contributed by atoms with Gasteiger partial charge in [-0.2, -0.15) is 0 Å². The summed E-state index contributed by atoms with van der Waals surface area (Å²) in [5.74, 6) is -6.24. The minimum Gasteiger partial charge on any atom is -0.548 e. The van der Waals surface area contributed by atoms with Gasteiger partial charge in [-0.25, -0.2) is 18.0 Å². The Bertz CT molecular complexity index is 561. The number of carbonyl (C=O) groups is 2. The van der Waals surface area contributed by atoms with Crippen LogP contribution in [-0.4, -0.2) is 23.7 Å². The van der Waals surface area contributed by atoms with Gasteiger partial charge in [0.15, 0.2) is 17.5 Å². The standard InChI is InChI=1S/C14H16F3NO4/c1-14(2,3)22-13(21)18-10(12(19)20)6-7-4-8(15)11(17)9(16)5-7/h4-5,10H,6H2,1-3H3,(H,18,21)(H,19,20)/p-1/t10-/m0/s1. The lowest BCUT2D eigenvalue weighted by atomic mass is 10.1. The van der Waals surface area contributed by atoms with E-state index >= 15 is 0 Å². The normalized spacial score (nSPS) is 12.6. The van der Waals surface area contributed by atoms with Crippen LogP contribution in [0.1, 0.15) is 26.3 Å². The van der Waals surface area contributed by atoms with Crippen LogP contribution in [0, 0.1) is 17.5 Å². The minimum atomic E-state index is -1.67. The van der Waals surface area contributed by atoms with Crippen molar-refractivity contribution in [2.45, 2.75) is 38.8 Å². The van der Waals surface area contributed by atoms with Crippen molar-refractivity contribution in [3.05, 3.63) is 35.1 Å². The highest BCUT2D eigenvalue weighted by atomic mass is 19.2. The van der Waals surface area contributed by atoms with Gasteiger partial charge < -0.3 is 20.0 Å². The highest BCUT2D eigenvalue weighted by Crippen LogP contribution is 2.15. The summed E-state index contributed by atoms with van der Waals surface area (Å²) in [5.41, 5.74) is -1.00. The van der Waals surface area contributed by atoms with Gasteiger partial charge in [-0.3, -0.25) is 0 Å². The van der Waals surface area contributed by atoms with Crippen molar-refractivity contribution in [2.75, 3.05) is 0 Å². The lowest BCUT2D eigenvalue weighted by Gasteiger charge is -2.24. The number of rotatable bonds is 4. The van der Waals surface area contributed by atoms with Gasteiger partial charge in [0.05, 0.1) is 12.0 Å². The summed E-state index contributed by atoms with van der Waals surface area (Å²) in [6.07, 6.45) is -1.51. The third kappa shape index (κ3) is 5.27. The maximum atomic E-state index is 13.1. The molecule has 0 aliphatic heterocycles. The second-order valence-corrected chi connectivity index (χ2v) is 5.60. The molecule has 8 heteroatoms. The van der Waals surface area contributed by atoms with Crippen LogP contribution in [0.15, 0.2) is 12.1 Å². The van der Waals surface area contributed by atoms with Crippen molar-refractivity contribution in [3.8, 4) is 0 Å². The average molecular weight is 318 g/mol. The topological polar surface area (TPSA) is 78.5 Å². The molecule has 0 spiro atoms. The monoisotopic (exact) mass is 318 g/mol. The molecule has 122 valence electrons. The third-order valence-corrected chi connectivity index (χ3v) is 2.46. The molecule has 0 heterocycles. The number of ether oxygens (including phenoxy) is 1. The summed E-state index contributed by atoms with van der Waals surface area (Å²) in [7, 11) is 0. The molecule has 0 aliphatic carbocycles. The zero-order valence-corrected chi connectivity index (χ0v) is 12.2. The highest BCUT2D eigenvalue weighted by Gasteiger charge is 2.21. The Morgan fingerprint density at radius 3 is 2.14 bits per heavy atom. The third-order valence-electron chi connectivity index (χ3n) is 2.46. The predicted molar refractivity (Wildman–Crippen MR) is 68.2 cm³/mol. The van der Waals surface area contributed by atoms with E-state index < -0.39 is 47.6 Å². The van der Waals surface area contributed by atoms with Gasteiger partial charge in [-0.1, -0.05) is 0 Å². The Morgan fingerprint density at radius 1 is 1.23 bits per heavy atom. The lowest BCUT2D eigenvalue weighted by Crippen LogP contribution is -2.50. The van der Waals surface area contributed by atoms with Gasteiger partial charge in [0.25, 0.3) is 0 Å². The number of nitrogens with one attached hydrogen (secondary N) is 1. The van der Waals surface area contributed by atoms with Gasteiger partial charge in [0, 0.05) is 0 Å². The first-order chi connectivity index (χ1) is 9.99. The average Bonchev–Trinajstić information content (AvgIpc) is 2.32. The fraction of sp³-hybridized carbons (Fsp3) is 0.429. The van der Waals surface area contributed by atoms with Gasteiger partial charge in [-0.15, -0.1) is 0 Å². The molecule has 0 aromatic heterocycles. The Balaban J connectivity index is 2.85. The van der Waals surface area contributed by atoms with E-state index in [1.807, 2.05) is 5.32 Å². The zero-order valence-electron chi connectivity index (χ0n) is 12.2. The fourth-order valence-electron chi connectivity index (χ4n) is 1.60. The molecule has 0 saturated carbocycles. The Kier molecular flexibility index (Phi) is 5.40. The van der Waals surface area contributed by atoms with Crippen LogP contribution in [0.3, 0.4) is 0 Å². The van der Waals surface area contributed by atoms with E-state index in [9.17, 15) is 27.9 Å². The van der Waals surface area contributed by atoms with Crippen LogP contribution < -0.4 is 10.4 Å². The molecule has 5 nitrogen and oxygen atoms in total. The van der Waals surface area contributed by atoms with E-state index in [0.717, 1.165) is 0 Å². The maximum absolute atomic E-state index is 13.1. The van der Waals surface area contributed by atoms with Gasteiger partial charge in [0.1, 0.15) is 5.60 Å². The van der Waals surface area contributed by atoms with Crippen LogP contribution in [-0.2, 0) is 16.0 Å². The molecule has 22 heavy (non-hydrogen) atoms. The number of halogens is 3. The molecular weight excluding hydrogens is 303 g/mol. The first kappa shape index (κ1) is 17.8. The number of benzene rings is 1. The maximum Gasteiger partial charge on any atom is 0.408 e. The van der Waals surface area contributed by atoms with Gasteiger partial charge >= 0.3 is 6.09 Å². The molecule has 0 unspecified atom stereocenters. The number of hydrogen-bond donors (Lipinski definition) is 1. The number of hydrogen-bond acceptors (Lipinski definition) is 4. The van der Waals surface area contributed by atoms with E-state index in [2.05, 4.69) is 0 Å². The Hall–Kier alpha value is -2.25. The molecule has 1 aromatic rings. The minimum absolute atomic E-state index is 0.151. The predicted octanol–water partition coefficient (Wildman–Crippen LogP) is 1.29. The smallest absolute Gasteiger partial charge is 0.408 e. The van der Waals surface area contributed by atoms with E-state index in [1.165, 1.54) is 0 Å². The van der Waals surface area contributed by atoms with E-state index in [0.29, 0.717) is 12.1 Å². The van der Waals surface area contributed by atoms with Gasteiger partial charge in [0.2, 0.25) is 0 Å². The van der Waals surface area contributed by atoms with Crippen LogP contribution in [0.5, 0.6) is 0 Å². The molecule has 0 bridgehead atoms. The molecular formula is C14H15F3NO4-. The number of alkyl carbamates (subject to hydrolysis) is 1. The molecule has 1 atom stereocenters. The van der Waals surface area contributed by atoms with Crippen molar-refractivity contribution in [3.63, 3.8) is 0 Å². The highest BCUT2D eigenvalue weighted by molar-refractivity contribution is 5.79. The summed E-state index contributed by atoms with van der Waals surface area (Å²) in [4.78, 5) is 22.5. The fourth-order valence-corrected chi connectivity index (χ4v) is 1.60. The van der Waals surface area contributed by atoms with Gasteiger partial charge in [-0.05, 0) is 44.9 Å². The van der Waals surface area contributed by atoms with E-state index in [-0.39, 0.29) is 5.56 Å². The summed E-state index contributed by atoms with van der Waals surface area (Å²) in [5, 5.41) is 13.0. The van der Waals surface area contributed by atoms with Crippen LogP contribution in [0.4, 0.5) is 18.0 Å². The SMILES string of the molecule is CC(C)(C)OC(=O)N[C@@H](Cc1cc(F)c(F)c(F)c1)C(=O)[O-]. The molecule has 1 amide bonds. The number of aliphatic carboxylic acids is 1. The second-order valence-electron chi connectivity index (χ2n) is 5.60. The quantitative estimate of drug-likeness (QED) is 0.849. The molecule has 1 aromatic carbocycles. The molecule has 1 rings (SSSR count). The number of carboxylic acid groups (broad SMARTS) is 1. The first-order valence-corrected chi connectivity index (χ1v) is 6.33. The number of carboxylic acids is 1. The molecule has 0 fully saturated rings. The Morgan fingerprint density at radius 2 is 1.73 bits per heavy atom. The second kappa shape index (κ2) is 6.67. The van der Waals surface area contributed by atoms with E-state index in [1.54, 1.807) is 20.8 Å². The largest absolute Gasteiger partial charge is 0.548 e. The van der Waals surface area contributed by atoms with Crippen molar-refractivity contribution in [2.24, 2.45) is 0 Å². The molecule has 0 radical (unpaired) electrons. The summed E-state index contributed by atoms with van der Waals surface area (Å²) < 4.78 is 43.9.